The van der Waals surface area contributed by atoms with Gasteiger partial charge in [0.25, 0.3) is 0 Å². The molecule has 0 unspecified atom stereocenters. The molecular weight excluding hydrogens is 432 g/mol. The summed E-state index contributed by atoms with van der Waals surface area (Å²) in [6, 6.07) is 1.24. The van der Waals surface area contributed by atoms with Gasteiger partial charge in [-0.25, -0.2) is 0 Å². The van der Waals surface area contributed by atoms with Gasteiger partial charge in [-0.3, -0.25) is 4.39 Å². The first kappa shape index (κ1) is 16.6. The number of aromatic hydroxyl groups is 1. The highest BCUT2D eigenvalue weighted by Gasteiger charge is 2.18. The summed E-state index contributed by atoms with van der Waals surface area (Å²) in [6.45, 7) is -0.489. The van der Waals surface area contributed by atoms with Crippen molar-refractivity contribution in [2.45, 2.75) is 12.5 Å². The van der Waals surface area contributed by atoms with E-state index in [1.807, 2.05) is 0 Å². The molecule has 2 nitrogen and oxygen atoms in total. The predicted octanol–water partition coefficient (Wildman–Crippen LogP) is 4.46. The molecule has 92 valence electrons. The molecule has 7 heteroatoms. The Labute approximate surface area is 125 Å². The fourth-order valence-electron chi connectivity index (χ4n) is 1.20. The number of hydrogen-bond acceptors (Lipinski definition) is 2. The van der Waals surface area contributed by atoms with Crippen molar-refractivity contribution in [2.75, 3.05) is 6.67 Å². The molecule has 0 saturated heterocycles. The summed E-state index contributed by atoms with van der Waals surface area (Å²) in [4.78, 5) is 0. The van der Waals surface area contributed by atoms with Crippen LogP contribution in [-0.2, 0) is 0 Å². The van der Waals surface area contributed by atoms with Crippen molar-refractivity contribution >= 4 is 60.2 Å². The van der Waals surface area contributed by atoms with Crippen LogP contribution in [0.4, 0.5) is 4.39 Å². The summed E-state index contributed by atoms with van der Waals surface area (Å²) in [7, 11) is 0. The van der Waals surface area contributed by atoms with E-state index >= 15 is 0 Å². The minimum absolute atomic E-state index is 0. The van der Waals surface area contributed by atoms with Gasteiger partial charge in [0, 0.05) is 16.1 Å². The topological polar surface area (TPSA) is 46.2 Å². The van der Waals surface area contributed by atoms with Crippen molar-refractivity contribution in [1.29, 1.82) is 0 Å². The van der Waals surface area contributed by atoms with Crippen molar-refractivity contribution in [1.82, 2.24) is 0 Å². The van der Waals surface area contributed by atoms with E-state index in [4.69, 9.17) is 5.73 Å². The lowest BCUT2D eigenvalue weighted by atomic mass is 10.1. The van der Waals surface area contributed by atoms with Crippen LogP contribution in [0.3, 0.4) is 0 Å². The molecule has 0 spiro atoms. The van der Waals surface area contributed by atoms with Gasteiger partial charge in [0.2, 0.25) is 0 Å². The van der Waals surface area contributed by atoms with Crippen molar-refractivity contribution in [2.24, 2.45) is 5.73 Å². The first-order valence-corrected chi connectivity index (χ1v) is 6.54. The van der Waals surface area contributed by atoms with Gasteiger partial charge in [-0.2, -0.15) is 0 Å². The minimum atomic E-state index is -0.489. The average molecular weight is 442 g/mol. The van der Waals surface area contributed by atoms with Crippen molar-refractivity contribution in [3.05, 3.63) is 25.0 Å². The lowest BCUT2D eigenvalue weighted by Crippen LogP contribution is -2.12. The number of nitrogens with two attached hydrogens (primary N) is 1. The molecule has 3 N–H and O–H groups in total. The van der Waals surface area contributed by atoms with Crippen LogP contribution in [0.25, 0.3) is 0 Å². The molecule has 0 bridgehead atoms. The third kappa shape index (κ3) is 3.57. The van der Waals surface area contributed by atoms with E-state index in [1.165, 1.54) is 0 Å². The van der Waals surface area contributed by atoms with Gasteiger partial charge in [0.1, 0.15) is 5.75 Å². The van der Waals surface area contributed by atoms with E-state index in [9.17, 15) is 9.50 Å². The maximum absolute atomic E-state index is 12.2. The Morgan fingerprint density at radius 2 is 1.88 bits per heavy atom. The van der Waals surface area contributed by atoms with Crippen LogP contribution in [0.2, 0.25) is 0 Å². The van der Waals surface area contributed by atoms with Gasteiger partial charge < -0.3 is 10.8 Å². The monoisotopic (exact) mass is 439 g/mol. The zero-order valence-corrected chi connectivity index (χ0v) is 13.6. The lowest BCUT2D eigenvalue weighted by molar-refractivity contribution is 0.436. The standard InChI is InChI=1S/C9H9Br3FNO.ClH/c10-4-3-5(11)9(15)8(12)7(4)6(14)1-2-13;/h3,6,15H,1-2,14H2;1H/t6-;/m1./s1. The molecule has 1 atom stereocenters. The Bertz CT molecular complexity index is 378. The fraction of sp³-hybridized carbons (Fsp3) is 0.333. The zero-order valence-electron chi connectivity index (χ0n) is 8.01. The Balaban J connectivity index is 0.00000225. The van der Waals surface area contributed by atoms with Crippen molar-refractivity contribution in [3.8, 4) is 5.75 Å². The summed E-state index contributed by atoms with van der Waals surface area (Å²) >= 11 is 9.76. The number of phenolic OH excluding ortho intramolecular Hbond substituents is 1. The Hall–Kier alpha value is 0.640. The van der Waals surface area contributed by atoms with E-state index in [1.54, 1.807) is 6.07 Å². The smallest absolute Gasteiger partial charge is 0.144 e. The summed E-state index contributed by atoms with van der Waals surface area (Å²) in [6.07, 6.45) is 0.221. The van der Waals surface area contributed by atoms with Crippen LogP contribution in [0.1, 0.15) is 18.0 Å². The number of halogens is 5. The maximum Gasteiger partial charge on any atom is 0.144 e. The molecule has 16 heavy (non-hydrogen) atoms. The van der Waals surface area contributed by atoms with Crippen LogP contribution < -0.4 is 5.73 Å². The SMILES string of the molecule is Cl.N[C@H](CCF)c1c(Br)cc(Br)c(O)c1Br. The van der Waals surface area contributed by atoms with Crippen LogP contribution in [0.15, 0.2) is 19.5 Å². The van der Waals surface area contributed by atoms with Gasteiger partial charge in [-0.1, -0.05) is 15.9 Å². The highest BCUT2D eigenvalue weighted by molar-refractivity contribution is 9.11. The van der Waals surface area contributed by atoms with Crippen LogP contribution in [0, 0.1) is 0 Å². The van der Waals surface area contributed by atoms with E-state index in [-0.39, 0.29) is 24.6 Å². The normalized spacial score (nSPS) is 12.1. The molecule has 0 aliphatic heterocycles. The molecule has 1 aromatic carbocycles. The molecule has 0 aromatic heterocycles. The van der Waals surface area contributed by atoms with E-state index in [0.717, 1.165) is 4.47 Å². The quantitative estimate of drug-likeness (QED) is 0.726. The number of benzene rings is 1. The van der Waals surface area contributed by atoms with E-state index < -0.39 is 12.7 Å². The molecule has 1 rings (SSSR count). The third-order valence-corrected chi connectivity index (χ3v) is 4.04. The number of phenols is 1. The van der Waals surface area contributed by atoms with Gasteiger partial charge in [-0.05, 0) is 44.3 Å². The van der Waals surface area contributed by atoms with E-state index in [2.05, 4.69) is 47.8 Å². The molecule has 0 aliphatic rings. The second kappa shape index (κ2) is 7.16. The number of rotatable bonds is 3. The summed E-state index contributed by atoms with van der Waals surface area (Å²) in [5, 5.41) is 9.66. The third-order valence-electron chi connectivity index (χ3n) is 1.97. The molecule has 0 radical (unpaired) electrons. The molecule has 0 amide bonds. The summed E-state index contributed by atoms with van der Waals surface area (Å²) in [5.74, 6) is 0.0718. The van der Waals surface area contributed by atoms with Crippen molar-refractivity contribution in [3.63, 3.8) is 0 Å². The Kier molecular flexibility index (Phi) is 7.44. The minimum Gasteiger partial charge on any atom is -0.506 e. The second-order valence-electron chi connectivity index (χ2n) is 3.00. The second-order valence-corrected chi connectivity index (χ2v) is 5.50. The van der Waals surface area contributed by atoms with Gasteiger partial charge in [-0.15, -0.1) is 12.4 Å². The molecular formula is C9H10Br3ClFNO. The Morgan fingerprint density at radius 3 is 2.38 bits per heavy atom. The molecule has 0 aliphatic carbocycles. The van der Waals surface area contributed by atoms with E-state index in [0.29, 0.717) is 14.5 Å². The zero-order chi connectivity index (χ0) is 11.6. The Morgan fingerprint density at radius 1 is 1.31 bits per heavy atom. The average Bonchev–Trinajstić information content (AvgIpc) is 2.15. The van der Waals surface area contributed by atoms with Gasteiger partial charge in [0.05, 0.1) is 15.6 Å². The first-order chi connectivity index (χ1) is 6.99. The fourth-order valence-corrected chi connectivity index (χ4v) is 3.91. The van der Waals surface area contributed by atoms with Gasteiger partial charge >= 0.3 is 0 Å². The highest BCUT2D eigenvalue weighted by atomic mass is 79.9. The summed E-state index contributed by atoms with van der Waals surface area (Å²) in [5.41, 5.74) is 6.47. The largest absolute Gasteiger partial charge is 0.506 e. The summed E-state index contributed by atoms with van der Waals surface area (Å²) < 4.78 is 14.0. The van der Waals surface area contributed by atoms with Crippen LogP contribution in [-0.4, -0.2) is 11.8 Å². The predicted molar refractivity (Wildman–Crippen MR) is 76.0 cm³/mol. The van der Waals surface area contributed by atoms with Crippen LogP contribution in [0.5, 0.6) is 5.75 Å². The maximum atomic E-state index is 12.2. The molecule has 0 fully saturated rings. The van der Waals surface area contributed by atoms with Gasteiger partial charge in [0.15, 0.2) is 0 Å². The number of hydrogen-bond donors (Lipinski definition) is 2. The molecule has 0 saturated carbocycles. The molecule has 0 heterocycles. The first-order valence-electron chi connectivity index (χ1n) is 4.17. The number of alkyl halides is 1. The van der Waals surface area contributed by atoms with Crippen LogP contribution >= 0.6 is 60.2 Å². The lowest BCUT2D eigenvalue weighted by Gasteiger charge is -2.16. The molecule has 1 aromatic rings. The van der Waals surface area contributed by atoms with Crippen molar-refractivity contribution < 1.29 is 9.50 Å². The highest BCUT2D eigenvalue weighted by Crippen LogP contribution is 2.42.